The molecule has 0 aromatic carbocycles. The molecule has 3 unspecified atom stereocenters. The van der Waals surface area contributed by atoms with E-state index >= 15 is 0 Å². The average Bonchev–Trinajstić information content (AvgIpc) is 2.82. The van der Waals surface area contributed by atoms with Crippen molar-refractivity contribution in [3.8, 4) is 0 Å². The van der Waals surface area contributed by atoms with E-state index in [0.29, 0.717) is 6.61 Å². The first kappa shape index (κ1) is 13.8. The van der Waals surface area contributed by atoms with E-state index in [1.54, 1.807) is 0 Å². The number of aliphatic hydroxyl groups excluding tert-OH is 1. The van der Waals surface area contributed by atoms with Gasteiger partial charge in [-0.15, -0.1) is 0 Å². The molecule has 0 amide bonds. The molecule has 3 fully saturated rings. The standard InChI is InChI=1S/C12H21NO5S/c14-10-7-19(15,16)8-11(10)18-9-5-12(17-6-9)1-3-13-4-2-12/h9-11,13-14H,1-8H2. The van der Waals surface area contributed by atoms with Gasteiger partial charge in [0.2, 0.25) is 0 Å². The molecule has 6 nitrogen and oxygen atoms in total. The van der Waals surface area contributed by atoms with Gasteiger partial charge in [-0.1, -0.05) is 0 Å². The molecule has 3 aliphatic rings. The summed E-state index contributed by atoms with van der Waals surface area (Å²) in [4.78, 5) is 0. The maximum Gasteiger partial charge on any atom is 0.155 e. The second-order valence-corrected chi connectivity index (χ2v) is 8.04. The highest BCUT2D eigenvalue weighted by Gasteiger charge is 2.45. The SMILES string of the molecule is O=S1(=O)CC(O)C(OC2COC3(CCNCC3)C2)C1. The summed E-state index contributed by atoms with van der Waals surface area (Å²) in [5, 5.41) is 13.0. The van der Waals surface area contributed by atoms with Crippen LogP contribution in [-0.4, -0.2) is 68.6 Å². The second-order valence-electron chi connectivity index (χ2n) is 5.89. The van der Waals surface area contributed by atoms with Crippen molar-refractivity contribution < 1.29 is 23.0 Å². The van der Waals surface area contributed by atoms with Crippen molar-refractivity contribution in [1.29, 1.82) is 0 Å². The van der Waals surface area contributed by atoms with Gasteiger partial charge in [-0.05, 0) is 25.9 Å². The van der Waals surface area contributed by atoms with Gasteiger partial charge < -0.3 is 19.9 Å². The largest absolute Gasteiger partial charge is 0.389 e. The zero-order valence-corrected chi connectivity index (χ0v) is 11.7. The highest BCUT2D eigenvalue weighted by molar-refractivity contribution is 7.91. The van der Waals surface area contributed by atoms with E-state index in [1.807, 2.05) is 0 Å². The van der Waals surface area contributed by atoms with Crippen molar-refractivity contribution in [1.82, 2.24) is 5.32 Å². The zero-order chi connectivity index (χ0) is 13.5. The van der Waals surface area contributed by atoms with Gasteiger partial charge in [-0.2, -0.15) is 0 Å². The van der Waals surface area contributed by atoms with E-state index in [4.69, 9.17) is 9.47 Å². The van der Waals surface area contributed by atoms with Crippen molar-refractivity contribution in [3.63, 3.8) is 0 Å². The summed E-state index contributed by atoms with van der Waals surface area (Å²) in [5.41, 5.74) is -0.0989. The van der Waals surface area contributed by atoms with Crippen LogP contribution >= 0.6 is 0 Å². The van der Waals surface area contributed by atoms with Crippen molar-refractivity contribution in [2.45, 2.75) is 43.2 Å². The Balaban J connectivity index is 1.57. The average molecular weight is 291 g/mol. The Morgan fingerprint density at radius 1 is 1.26 bits per heavy atom. The molecule has 7 heteroatoms. The first-order valence-electron chi connectivity index (χ1n) is 6.87. The summed E-state index contributed by atoms with van der Waals surface area (Å²) >= 11 is 0. The monoisotopic (exact) mass is 291 g/mol. The lowest BCUT2D eigenvalue weighted by Gasteiger charge is -2.32. The molecule has 2 N–H and O–H groups in total. The molecule has 3 saturated heterocycles. The predicted octanol–water partition coefficient (Wildman–Crippen LogP) is -0.928. The number of piperidine rings is 1. The van der Waals surface area contributed by atoms with Gasteiger partial charge in [-0.3, -0.25) is 0 Å². The number of sulfone groups is 1. The van der Waals surface area contributed by atoms with E-state index in [-0.39, 0.29) is 23.2 Å². The maximum atomic E-state index is 11.4. The molecule has 110 valence electrons. The van der Waals surface area contributed by atoms with Crippen LogP contribution in [0.4, 0.5) is 0 Å². The van der Waals surface area contributed by atoms with Crippen molar-refractivity contribution >= 4 is 9.84 Å². The van der Waals surface area contributed by atoms with Crippen LogP contribution < -0.4 is 5.32 Å². The Hall–Kier alpha value is -0.210. The molecule has 0 aromatic rings. The Bertz CT molecular complexity index is 431. The van der Waals surface area contributed by atoms with Gasteiger partial charge in [-0.25, -0.2) is 8.42 Å². The molecular weight excluding hydrogens is 270 g/mol. The number of hydrogen-bond donors (Lipinski definition) is 2. The van der Waals surface area contributed by atoms with Gasteiger partial charge in [0.05, 0.1) is 42.0 Å². The van der Waals surface area contributed by atoms with Crippen molar-refractivity contribution in [3.05, 3.63) is 0 Å². The minimum absolute atomic E-state index is 0.0702. The number of nitrogens with one attached hydrogen (secondary N) is 1. The molecule has 3 atom stereocenters. The van der Waals surface area contributed by atoms with Crippen LogP contribution in [0.15, 0.2) is 0 Å². The minimum Gasteiger partial charge on any atom is -0.389 e. The number of ether oxygens (including phenoxy) is 2. The third-order valence-corrected chi connectivity index (χ3v) is 6.01. The summed E-state index contributed by atoms with van der Waals surface area (Å²) in [6.07, 6.45) is 1.17. The summed E-state index contributed by atoms with van der Waals surface area (Å²) in [5.74, 6) is -0.250. The van der Waals surface area contributed by atoms with Crippen LogP contribution in [0.5, 0.6) is 0 Å². The molecular formula is C12H21NO5S. The summed E-state index contributed by atoms with van der Waals surface area (Å²) < 4.78 is 34.6. The normalized spacial score (nSPS) is 40.8. The quantitative estimate of drug-likeness (QED) is 0.684. The van der Waals surface area contributed by atoms with Crippen molar-refractivity contribution in [2.75, 3.05) is 31.2 Å². The van der Waals surface area contributed by atoms with Gasteiger partial charge in [0.25, 0.3) is 0 Å². The van der Waals surface area contributed by atoms with E-state index in [1.165, 1.54) is 0 Å². The van der Waals surface area contributed by atoms with E-state index in [2.05, 4.69) is 5.32 Å². The number of hydrogen-bond acceptors (Lipinski definition) is 6. The first-order chi connectivity index (χ1) is 8.98. The molecule has 3 aliphatic heterocycles. The fourth-order valence-electron chi connectivity index (χ4n) is 3.29. The molecule has 1 spiro atoms. The number of aliphatic hydroxyl groups is 1. The Morgan fingerprint density at radius 2 is 2.00 bits per heavy atom. The first-order valence-corrected chi connectivity index (χ1v) is 8.69. The van der Waals surface area contributed by atoms with Crippen LogP contribution in [0, 0.1) is 0 Å². The molecule has 0 saturated carbocycles. The Labute approximate surface area is 113 Å². The summed E-state index contributed by atoms with van der Waals surface area (Å²) in [6, 6.07) is 0. The molecule has 0 bridgehead atoms. The highest BCUT2D eigenvalue weighted by Crippen LogP contribution is 2.36. The lowest BCUT2D eigenvalue weighted by atomic mass is 9.89. The molecule has 0 aliphatic carbocycles. The van der Waals surface area contributed by atoms with Gasteiger partial charge in [0.1, 0.15) is 0 Å². The maximum absolute atomic E-state index is 11.4. The van der Waals surface area contributed by atoms with Gasteiger partial charge >= 0.3 is 0 Å². The minimum atomic E-state index is -3.15. The van der Waals surface area contributed by atoms with E-state index in [0.717, 1.165) is 32.4 Å². The second kappa shape index (κ2) is 4.96. The molecule has 19 heavy (non-hydrogen) atoms. The molecule has 0 radical (unpaired) electrons. The lowest BCUT2D eigenvalue weighted by Crippen LogP contribution is -2.42. The zero-order valence-electron chi connectivity index (χ0n) is 10.9. The summed E-state index contributed by atoms with van der Waals surface area (Å²) in [6.45, 7) is 2.41. The third-order valence-electron chi connectivity index (χ3n) is 4.33. The van der Waals surface area contributed by atoms with Gasteiger partial charge in [0.15, 0.2) is 9.84 Å². The molecule has 3 heterocycles. The molecule has 3 rings (SSSR count). The fraction of sp³-hybridized carbons (Fsp3) is 1.00. The van der Waals surface area contributed by atoms with Crippen LogP contribution in [-0.2, 0) is 19.3 Å². The Kier molecular flexibility index (Phi) is 3.59. The van der Waals surface area contributed by atoms with E-state index in [9.17, 15) is 13.5 Å². The predicted molar refractivity (Wildman–Crippen MR) is 68.7 cm³/mol. The third kappa shape index (κ3) is 2.95. The van der Waals surface area contributed by atoms with Gasteiger partial charge in [0, 0.05) is 6.42 Å². The lowest BCUT2D eigenvalue weighted by molar-refractivity contribution is -0.0562. The topological polar surface area (TPSA) is 84.9 Å². The Morgan fingerprint density at radius 3 is 2.63 bits per heavy atom. The van der Waals surface area contributed by atoms with Crippen LogP contribution in [0.3, 0.4) is 0 Å². The smallest absolute Gasteiger partial charge is 0.155 e. The highest BCUT2D eigenvalue weighted by atomic mass is 32.2. The van der Waals surface area contributed by atoms with Crippen LogP contribution in [0.25, 0.3) is 0 Å². The van der Waals surface area contributed by atoms with E-state index < -0.39 is 22.0 Å². The van der Waals surface area contributed by atoms with Crippen LogP contribution in [0.2, 0.25) is 0 Å². The molecule has 0 aromatic heterocycles. The fourth-order valence-corrected chi connectivity index (χ4v) is 4.97. The van der Waals surface area contributed by atoms with Crippen LogP contribution in [0.1, 0.15) is 19.3 Å². The summed E-state index contributed by atoms with van der Waals surface area (Å²) in [7, 11) is -3.15. The number of rotatable bonds is 2. The van der Waals surface area contributed by atoms with Crippen molar-refractivity contribution in [2.24, 2.45) is 0 Å².